The zero-order valence-electron chi connectivity index (χ0n) is 11.0. The predicted octanol–water partition coefficient (Wildman–Crippen LogP) is 1.82. The van der Waals surface area contributed by atoms with E-state index in [1.165, 1.54) is 4.90 Å². The number of carboxylic acid groups (broad SMARTS) is 1. The summed E-state index contributed by atoms with van der Waals surface area (Å²) in [6.07, 6.45) is 2.22. The molecule has 0 aromatic heterocycles. The van der Waals surface area contributed by atoms with E-state index in [9.17, 15) is 14.7 Å². The van der Waals surface area contributed by atoms with Crippen LogP contribution in [0.1, 0.15) is 47.0 Å². The number of carbonyl (C=O) groups is 2. The summed E-state index contributed by atoms with van der Waals surface area (Å²) in [4.78, 5) is 24.9. The lowest BCUT2D eigenvalue weighted by molar-refractivity contribution is -0.150. The van der Waals surface area contributed by atoms with Crippen LogP contribution in [-0.2, 0) is 4.79 Å². The molecule has 98 valence electrons. The van der Waals surface area contributed by atoms with Crippen LogP contribution in [0.25, 0.3) is 0 Å². The maximum absolute atomic E-state index is 12.1. The van der Waals surface area contributed by atoms with E-state index in [-0.39, 0.29) is 11.6 Å². The van der Waals surface area contributed by atoms with Gasteiger partial charge in [-0.1, -0.05) is 0 Å². The minimum Gasteiger partial charge on any atom is -0.480 e. The zero-order chi connectivity index (χ0) is 13.3. The van der Waals surface area contributed by atoms with Gasteiger partial charge in [-0.3, -0.25) is 0 Å². The molecule has 1 unspecified atom stereocenters. The van der Waals surface area contributed by atoms with E-state index in [0.717, 1.165) is 12.8 Å². The zero-order valence-corrected chi connectivity index (χ0v) is 11.0. The van der Waals surface area contributed by atoms with E-state index in [2.05, 4.69) is 5.32 Å². The summed E-state index contributed by atoms with van der Waals surface area (Å²) in [5.41, 5.74) is -1.43. The first kappa shape index (κ1) is 13.8. The fraction of sp³-hybridized carbons (Fsp3) is 0.833. The minimum absolute atomic E-state index is 0.290. The molecular formula is C12H22N2O3. The summed E-state index contributed by atoms with van der Waals surface area (Å²) in [6, 6.07) is -0.290. The van der Waals surface area contributed by atoms with E-state index in [1.807, 2.05) is 20.8 Å². The van der Waals surface area contributed by atoms with Gasteiger partial charge in [0.15, 0.2) is 0 Å². The van der Waals surface area contributed by atoms with E-state index in [0.29, 0.717) is 13.0 Å². The third-order valence-electron chi connectivity index (χ3n) is 3.08. The minimum atomic E-state index is -1.08. The highest BCUT2D eigenvalue weighted by Gasteiger charge is 2.44. The van der Waals surface area contributed by atoms with Crippen LogP contribution in [0.2, 0.25) is 0 Å². The van der Waals surface area contributed by atoms with E-state index >= 15 is 0 Å². The Kier molecular flexibility index (Phi) is 3.69. The number of rotatable bonds is 1. The standard InChI is InChI=1S/C12H22N2O3/c1-11(2,3)13-10(17)14-8-6-5-7-12(14,4)9(15)16/h5-8H2,1-4H3,(H,13,17)(H,15,16). The molecule has 1 aliphatic heterocycles. The average Bonchev–Trinajstić information content (AvgIpc) is 2.15. The van der Waals surface area contributed by atoms with Crippen molar-refractivity contribution in [3.63, 3.8) is 0 Å². The first-order chi connectivity index (χ1) is 7.67. The van der Waals surface area contributed by atoms with E-state index in [4.69, 9.17) is 0 Å². The van der Waals surface area contributed by atoms with Crippen LogP contribution < -0.4 is 5.32 Å². The maximum Gasteiger partial charge on any atom is 0.329 e. The third-order valence-corrected chi connectivity index (χ3v) is 3.08. The fourth-order valence-corrected chi connectivity index (χ4v) is 2.06. The smallest absolute Gasteiger partial charge is 0.329 e. The molecule has 5 heteroatoms. The van der Waals surface area contributed by atoms with Crippen LogP contribution >= 0.6 is 0 Å². The molecule has 0 spiro atoms. The van der Waals surface area contributed by atoms with Gasteiger partial charge in [0.05, 0.1) is 0 Å². The highest BCUT2D eigenvalue weighted by atomic mass is 16.4. The van der Waals surface area contributed by atoms with Crippen LogP contribution in [0.4, 0.5) is 4.79 Å². The SMILES string of the molecule is CC(C)(C)NC(=O)N1CCCCC1(C)C(=O)O. The van der Waals surface area contributed by atoms with Gasteiger partial charge >= 0.3 is 12.0 Å². The Bertz CT molecular complexity index is 322. The quantitative estimate of drug-likeness (QED) is 0.737. The number of likely N-dealkylation sites (tertiary alicyclic amines) is 1. The molecule has 0 bridgehead atoms. The Morgan fingerprint density at radius 3 is 2.35 bits per heavy atom. The number of urea groups is 1. The first-order valence-electron chi connectivity index (χ1n) is 6.00. The van der Waals surface area contributed by atoms with Crippen molar-refractivity contribution < 1.29 is 14.7 Å². The highest BCUT2D eigenvalue weighted by molar-refractivity contribution is 5.86. The lowest BCUT2D eigenvalue weighted by Crippen LogP contribution is -2.62. The lowest BCUT2D eigenvalue weighted by Gasteiger charge is -2.42. The van der Waals surface area contributed by atoms with Crippen molar-refractivity contribution in [1.29, 1.82) is 0 Å². The molecule has 0 aliphatic carbocycles. The molecule has 2 N–H and O–H groups in total. The number of carboxylic acids is 1. The molecule has 0 radical (unpaired) electrons. The van der Waals surface area contributed by atoms with Gasteiger partial charge in [0.25, 0.3) is 0 Å². The van der Waals surface area contributed by atoms with Gasteiger partial charge in [-0.25, -0.2) is 9.59 Å². The Balaban J connectivity index is 2.86. The van der Waals surface area contributed by atoms with Crippen LogP contribution in [-0.4, -0.2) is 39.6 Å². The Morgan fingerprint density at radius 2 is 1.88 bits per heavy atom. The molecule has 2 amide bonds. The van der Waals surface area contributed by atoms with E-state index in [1.54, 1.807) is 6.92 Å². The molecule has 5 nitrogen and oxygen atoms in total. The second kappa shape index (κ2) is 4.55. The average molecular weight is 242 g/mol. The molecule has 1 aliphatic rings. The molecule has 1 atom stereocenters. The van der Waals surface area contributed by atoms with Gasteiger partial charge < -0.3 is 15.3 Å². The molecule has 1 fully saturated rings. The fourth-order valence-electron chi connectivity index (χ4n) is 2.06. The molecule has 1 heterocycles. The van der Waals surface area contributed by atoms with Crippen molar-refractivity contribution in [3.05, 3.63) is 0 Å². The summed E-state index contributed by atoms with van der Waals surface area (Å²) in [5, 5.41) is 12.1. The highest BCUT2D eigenvalue weighted by Crippen LogP contribution is 2.28. The van der Waals surface area contributed by atoms with Crippen LogP contribution in [0.3, 0.4) is 0 Å². The summed E-state index contributed by atoms with van der Waals surface area (Å²) >= 11 is 0. The van der Waals surface area contributed by atoms with Crippen molar-refractivity contribution in [1.82, 2.24) is 10.2 Å². The molecule has 1 saturated heterocycles. The number of carbonyl (C=O) groups excluding carboxylic acids is 1. The topological polar surface area (TPSA) is 69.6 Å². The second-order valence-electron chi connectivity index (χ2n) is 5.87. The van der Waals surface area contributed by atoms with Gasteiger partial charge in [-0.2, -0.15) is 0 Å². The van der Waals surface area contributed by atoms with Gasteiger partial charge in [0, 0.05) is 12.1 Å². The maximum atomic E-state index is 12.1. The summed E-state index contributed by atoms with van der Waals surface area (Å²) in [7, 11) is 0. The molecule has 0 aromatic carbocycles. The summed E-state index contributed by atoms with van der Waals surface area (Å²) < 4.78 is 0. The number of hydrogen-bond donors (Lipinski definition) is 2. The van der Waals surface area contributed by atoms with Crippen LogP contribution in [0.15, 0.2) is 0 Å². The number of aliphatic carboxylic acids is 1. The van der Waals surface area contributed by atoms with Crippen molar-refractivity contribution in [3.8, 4) is 0 Å². The largest absolute Gasteiger partial charge is 0.480 e. The molecule has 0 aromatic rings. The lowest BCUT2D eigenvalue weighted by atomic mass is 9.89. The first-order valence-corrected chi connectivity index (χ1v) is 6.00. The Hall–Kier alpha value is -1.26. The molecular weight excluding hydrogens is 220 g/mol. The van der Waals surface area contributed by atoms with Gasteiger partial charge in [-0.15, -0.1) is 0 Å². The molecule has 1 rings (SSSR count). The van der Waals surface area contributed by atoms with Gasteiger partial charge in [0.2, 0.25) is 0 Å². The number of nitrogens with zero attached hydrogens (tertiary/aromatic N) is 1. The summed E-state index contributed by atoms with van der Waals surface area (Å²) in [5.74, 6) is -0.929. The van der Waals surface area contributed by atoms with Crippen molar-refractivity contribution in [2.45, 2.75) is 58.0 Å². The van der Waals surface area contributed by atoms with Gasteiger partial charge in [-0.05, 0) is 47.0 Å². The molecule has 0 saturated carbocycles. The monoisotopic (exact) mass is 242 g/mol. The Morgan fingerprint density at radius 1 is 1.29 bits per heavy atom. The normalized spacial score (nSPS) is 25.5. The number of nitrogens with one attached hydrogen (secondary N) is 1. The van der Waals surface area contributed by atoms with E-state index < -0.39 is 11.5 Å². The number of piperidine rings is 1. The summed E-state index contributed by atoms with van der Waals surface area (Å²) in [6.45, 7) is 7.77. The van der Waals surface area contributed by atoms with Crippen molar-refractivity contribution >= 4 is 12.0 Å². The predicted molar refractivity (Wildman–Crippen MR) is 64.9 cm³/mol. The molecule has 17 heavy (non-hydrogen) atoms. The third kappa shape index (κ3) is 3.11. The van der Waals surface area contributed by atoms with Crippen molar-refractivity contribution in [2.75, 3.05) is 6.54 Å². The van der Waals surface area contributed by atoms with Crippen LogP contribution in [0, 0.1) is 0 Å². The number of hydrogen-bond acceptors (Lipinski definition) is 2. The van der Waals surface area contributed by atoms with Crippen molar-refractivity contribution in [2.24, 2.45) is 0 Å². The Labute approximate surface area is 102 Å². The van der Waals surface area contributed by atoms with Crippen LogP contribution in [0.5, 0.6) is 0 Å². The number of amides is 2. The van der Waals surface area contributed by atoms with Gasteiger partial charge in [0.1, 0.15) is 5.54 Å². The second-order valence-corrected chi connectivity index (χ2v) is 5.87.